The maximum Gasteiger partial charge on any atom is 0.124 e. The Morgan fingerprint density at radius 2 is 2.00 bits per heavy atom. The van der Waals surface area contributed by atoms with Crippen LogP contribution in [-0.4, -0.2) is 12.6 Å². The van der Waals surface area contributed by atoms with Crippen LogP contribution in [0.2, 0.25) is 10.0 Å². The molecular formula is C9H9Cl2NO. The number of rotatable bonds is 0. The lowest BCUT2D eigenvalue weighted by Gasteiger charge is -2.22. The van der Waals surface area contributed by atoms with Gasteiger partial charge in [0.25, 0.3) is 0 Å². The van der Waals surface area contributed by atoms with Gasteiger partial charge in [0, 0.05) is 12.1 Å². The summed E-state index contributed by atoms with van der Waals surface area (Å²) in [5, 5.41) is 1.08. The molecule has 0 aliphatic carbocycles. The first-order valence-corrected chi connectivity index (χ1v) is 4.78. The van der Waals surface area contributed by atoms with Gasteiger partial charge in [-0.2, -0.15) is 0 Å². The maximum absolute atomic E-state index is 5.87. The standard InChI is InChI=1S/C9H9Cl2NO/c10-7-2-5-1-6(12)4-13-9(5)3-8(7)11/h2-3,6H,1,4,12H2. The van der Waals surface area contributed by atoms with E-state index in [1.54, 1.807) is 6.07 Å². The first-order valence-electron chi connectivity index (χ1n) is 4.03. The van der Waals surface area contributed by atoms with Crippen LogP contribution in [0, 0.1) is 0 Å². The molecule has 1 aliphatic heterocycles. The molecule has 2 N–H and O–H groups in total. The molecule has 0 radical (unpaired) electrons. The molecule has 0 saturated carbocycles. The van der Waals surface area contributed by atoms with E-state index >= 15 is 0 Å². The fraction of sp³-hybridized carbons (Fsp3) is 0.333. The lowest BCUT2D eigenvalue weighted by Crippen LogP contribution is -2.33. The summed E-state index contributed by atoms with van der Waals surface area (Å²) < 4.78 is 5.40. The van der Waals surface area contributed by atoms with Gasteiger partial charge in [-0.25, -0.2) is 0 Å². The number of ether oxygens (including phenoxy) is 1. The van der Waals surface area contributed by atoms with Crippen molar-refractivity contribution in [3.05, 3.63) is 27.7 Å². The number of nitrogens with two attached hydrogens (primary N) is 1. The van der Waals surface area contributed by atoms with Gasteiger partial charge in [-0.05, 0) is 18.1 Å². The highest BCUT2D eigenvalue weighted by atomic mass is 35.5. The molecule has 2 nitrogen and oxygen atoms in total. The van der Waals surface area contributed by atoms with Gasteiger partial charge in [0.05, 0.1) is 10.0 Å². The van der Waals surface area contributed by atoms with Crippen molar-refractivity contribution in [1.29, 1.82) is 0 Å². The molecule has 1 aliphatic rings. The normalized spacial score (nSPS) is 20.7. The van der Waals surface area contributed by atoms with E-state index in [1.807, 2.05) is 6.07 Å². The quantitative estimate of drug-likeness (QED) is 0.724. The average molecular weight is 218 g/mol. The molecule has 4 heteroatoms. The third-order valence-corrected chi connectivity index (χ3v) is 2.76. The second kappa shape index (κ2) is 3.37. The van der Waals surface area contributed by atoms with Crippen LogP contribution in [0.3, 0.4) is 0 Å². The lowest BCUT2D eigenvalue weighted by atomic mass is 10.0. The zero-order chi connectivity index (χ0) is 9.42. The van der Waals surface area contributed by atoms with E-state index in [0.717, 1.165) is 17.7 Å². The number of hydrogen-bond acceptors (Lipinski definition) is 2. The number of halogens is 2. The Balaban J connectivity index is 2.43. The van der Waals surface area contributed by atoms with Crippen LogP contribution in [0.5, 0.6) is 5.75 Å². The van der Waals surface area contributed by atoms with E-state index in [2.05, 4.69) is 0 Å². The van der Waals surface area contributed by atoms with Gasteiger partial charge in [0.2, 0.25) is 0 Å². The van der Waals surface area contributed by atoms with E-state index in [1.165, 1.54) is 0 Å². The van der Waals surface area contributed by atoms with Crippen molar-refractivity contribution in [3.63, 3.8) is 0 Å². The van der Waals surface area contributed by atoms with Crippen LogP contribution in [0.1, 0.15) is 5.56 Å². The maximum atomic E-state index is 5.87. The molecule has 1 heterocycles. The van der Waals surface area contributed by atoms with E-state index in [9.17, 15) is 0 Å². The minimum atomic E-state index is 0.0599. The minimum Gasteiger partial charge on any atom is -0.492 e. The summed E-state index contributed by atoms with van der Waals surface area (Å²) in [6.07, 6.45) is 0.798. The zero-order valence-corrected chi connectivity index (χ0v) is 8.40. The van der Waals surface area contributed by atoms with Crippen LogP contribution >= 0.6 is 23.2 Å². The van der Waals surface area contributed by atoms with Crippen molar-refractivity contribution in [3.8, 4) is 5.75 Å². The third kappa shape index (κ3) is 1.75. The summed E-state index contributed by atoms with van der Waals surface area (Å²) in [6, 6.07) is 3.62. The second-order valence-electron chi connectivity index (χ2n) is 3.15. The largest absolute Gasteiger partial charge is 0.492 e. The molecule has 0 bridgehead atoms. The molecule has 1 aromatic rings. The molecule has 0 spiro atoms. The van der Waals surface area contributed by atoms with Gasteiger partial charge >= 0.3 is 0 Å². The van der Waals surface area contributed by atoms with E-state index in [4.69, 9.17) is 33.7 Å². The number of hydrogen-bond donors (Lipinski definition) is 1. The van der Waals surface area contributed by atoms with Crippen LogP contribution in [0.15, 0.2) is 12.1 Å². The van der Waals surface area contributed by atoms with E-state index < -0.39 is 0 Å². The summed E-state index contributed by atoms with van der Waals surface area (Å²) in [5.74, 6) is 0.802. The minimum absolute atomic E-state index is 0.0599. The Morgan fingerprint density at radius 1 is 1.31 bits per heavy atom. The molecule has 2 rings (SSSR count). The molecule has 70 valence electrons. The van der Waals surface area contributed by atoms with Crippen molar-refractivity contribution in [1.82, 2.24) is 0 Å². The molecule has 0 saturated heterocycles. The molecule has 0 amide bonds. The average Bonchev–Trinajstić information content (AvgIpc) is 2.08. The predicted octanol–water partition coefficient (Wildman–Crippen LogP) is 2.26. The van der Waals surface area contributed by atoms with Gasteiger partial charge in [-0.15, -0.1) is 0 Å². The Bertz CT molecular complexity index is 341. The Morgan fingerprint density at radius 3 is 2.77 bits per heavy atom. The number of benzene rings is 1. The monoisotopic (exact) mass is 217 g/mol. The van der Waals surface area contributed by atoms with Crippen LogP contribution in [0.4, 0.5) is 0 Å². The lowest BCUT2D eigenvalue weighted by molar-refractivity contribution is 0.263. The molecular weight excluding hydrogens is 209 g/mol. The molecule has 0 fully saturated rings. The summed E-state index contributed by atoms with van der Waals surface area (Å²) in [4.78, 5) is 0. The predicted molar refractivity (Wildman–Crippen MR) is 53.6 cm³/mol. The second-order valence-corrected chi connectivity index (χ2v) is 3.96. The third-order valence-electron chi connectivity index (χ3n) is 2.04. The van der Waals surface area contributed by atoms with Crippen LogP contribution in [0.25, 0.3) is 0 Å². The van der Waals surface area contributed by atoms with Crippen molar-refractivity contribution in [2.45, 2.75) is 12.5 Å². The van der Waals surface area contributed by atoms with Gasteiger partial charge in [-0.1, -0.05) is 23.2 Å². The highest BCUT2D eigenvalue weighted by molar-refractivity contribution is 6.42. The summed E-state index contributed by atoms with van der Waals surface area (Å²) in [7, 11) is 0. The fourth-order valence-corrected chi connectivity index (χ4v) is 1.74. The highest BCUT2D eigenvalue weighted by Gasteiger charge is 2.17. The summed E-state index contributed by atoms with van der Waals surface area (Å²) >= 11 is 11.7. The Hall–Kier alpha value is -0.440. The first kappa shape index (κ1) is 9.13. The Kier molecular flexibility index (Phi) is 2.37. The van der Waals surface area contributed by atoms with Gasteiger partial charge in [-0.3, -0.25) is 0 Å². The summed E-state index contributed by atoms with van der Waals surface area (Å²) in [5.41, 5.74) is 6.77. The fourth-order valence-electron chi connectivity index (χ4n) is 1.40. The first-order chi connectivity index (χ1) is 6.16. The van der Waals surface area contributed by atoms with Crippen molar-refractivity contribution < 1.29 is 4.74 Å². The van der Waals surface area contributed by atoms with E-state index in [-0.39, 0.29) is 6.04 Å². The molecule has 1 atom stereocenters. The van der Waals surface area contributed by atoms with Crippen molar-refractivity contribution >= 4 is 23.2 Å². The van der Waals surface area contributed by atoms with E-state index in [0.29, 0.717) is 16.7 Å². The SMILES string of the molecule is NC1COc2cc(Cl)c(Cl)cc2C1. The van der Waals surface area contributed by atoms with Crippen LogP contribution in [-0.2, 0) is 6.42 Å². The molecule has 0 aromatic heterocycles. The zero-order valence-electron chi connectivity index (χ0n) is 6.89. The highest BCUT2D eigenvalue weighted by Crippen LogP contribution is 2.33. The smallest absolute Gasteiger partial charge is 0.124 e. The van der Waals surface area contributed by atoms with Gasteiger partial charge in [0.1, 0.15) is 12.4 Å². The molecule has 1 unspecified atom stereocenters. The van der Waals surface area contributed by atoms with Gasteiger partial charge in [0.15, 0.2) is 0 Å². The van der Waals surface area contributed by atoms with Crippen molar-refractivity contribution in [2.24, 2.45) is 5.73 Å². The van der Waals surface area contributed by atoms with Crippen LogP contribution < -0.4 is 10.5 Å². The molecule has 13 heavy (non-hydrogen) atoms. The number of fused-ring (bicyclic) bond motifs is 1. The van der Waals surface area contributed by atoms with Crippen molar-refractivity contribution in [2.75, 3.05) is 6.61 Å². The Labute approximate surface area is 86.6 Å². The topological polar surface area (TPSA) is 35.2 Å². The summed E-state index contributed by atoms with van der Waals surface area (Å²) in [6.45, 7) is 0.547. The molecule has 1 aromatic carbocycles. The van der Waals surface area contributed by atoms with Gasteiger partial charge < -0.3 is 10.5 Å².